The van der Waals surface area contributed by atoms with Gasteiger partial charge < -0.3 is 14.6 Å². The van der Waals surface area contributed by atoms with Crippen molar-refractivity contribution in [3.63, 3.8) is 0 Å². The van der Waals surface area contributed by atoms with E-state index in [-0.39, 0.29) is 4.75 Å². The Labute approximate surface area is 123 Å². The first kappa shape index (κ1) is 16.9. The Morgan fingerprint density at radius 3 is 2.58 bits per heavy atom. The van der Waals surface area contributed by atoms with E-state index in [4.69, 9.17) is 9.84 Å². The fourth-order valence-corrected chi connectivity index (χ4v) is 3.56. The lowest BCUT2D eigenvalue weighted by Gasteiger charge is -2.17. The van der Waals surface area contributed by atoms with Crippen molar-refractivity contribution in [2.75, 3.05) is 13.7 Å². The molecular formula is C14H22O3S2. The third-order valence-electron chi connectivity index (χ3n) is 2.19. The van der Waals surface area contributed by atoms with Crippen LogP contribution in [-0.4, -0.2) is 30.0 Å². The van der Waals surface area contributed by atoms with E-state index in [1.54, 1.807) is 10.8 Å². The molecule has 1 rings (SSSR count). The van der Waals surface area contributed by atoms with Crippen LogP contribution in [-0.2, 0) is 15.9 Å². The molecule has 0 saturated carbocycles. The molecule has 0 radical (unpaired) electrons. The maximum absolute atomic E-state index is 9.16. The summed E-state index contributed by atoms with van der Waals surface area (Å²) in [7, 11) is 5.04. The average molecular weight is 302 g/mol. The number of methoxy groups -OCH3 is 1. The Morgan fingerprint density at radius 2 is 1.95 bits per heavy atom. The predicted octanol–water partition coefficient (Wildman–Crippen LogP) is 3.71. The number of aliphatic hydroxyl groups is 1. The van der Waals surface area contributed by atoms with Gasteiger partial charge in [-0.25, -0.2) is 0 Å². The molecule has 1 aromatic carbocycles. The average Bonchev–Trinajstić information content (AvgIpc) is 2.36. The molecule has 0 fully saturated rings. The number of benzene rings is 1. The van der Waals surface area contributed by atoms with Gasteiger partial charge in [-0.1, -0.05) is 60.6 Å². The van der Waals surface area contributed by atoms with E-state index in [9.17, 15) is 0 Å². The highest BCUT2D eigenvalue weighted by Gasteiger charge is 2.13. The van der Waals surface area contributed by atoms with Crippen molar-refractivity contribution in [1.82, 2.24) is 0 Å². The van der Waals surface area contributed by atoms with Crippen LogP contribution in [0.1, 0.15) is 26.3 Å². The summed E-state index contributed by atoms with van der Waals surface area (Å²) in [6.07, 6.45) is 0.758. The third kappa shape index (κ3) is 7.22. The zero-order valence-corrected chi connectivity index (χ0v) is 13.5. The van der Waals surface area contributed by atoms with E-state index in [2.05, 4.69) is 37.6 Å². The summed E-state index contributed by atoms with van der Waals surface area (Å²) in [5.74, 6) is 0. The van der Waals surface area contributed by atoms with E-state index in [0.717, 1.165) is 6.42 Å². The Morgan fingerprint density at radius 1 is 1.26 bits per heavy atom. The highest BCUT2D eigenvalue weighted by atomic mass is 33.1. The molecule has 5 heteroatoms. The highest BCUT2D eigenvalue weighted by Crippen LogP contribution is 2.41. The van der Waals surface area contributed by atoms with E-state index in [0.29, 0.717) is 6.61 Å². The number of hydrogen-bond donors (Lipinski definition) is 1. The molecule has 19 heavy (non-hydrogen) atoms. The van der Waals surface area contributed by atoms with Crippen LogP contribution in [0, 0.1) is 0 Å². The largest absolute Gasteiger partial charge is 0.346 e. The molecule has 108 valence electrons. The zero-order valence-electron chi connectivity index (χ0n) is 11.9. The molecule has 1 unspecified atom stereocenters. The molecule has 0 aliphatic carbocycles. The fraction of sp³-hybridized carbons (Fsp3) is 0.571. The number of hydrogen-bond acceptors (Lipinski definition) is 5. The van der Waals surface area contributed by atoms with Crippen molar-refractivity contribution in [2.45, 2.75) is 43.3 Å². The van der Waals surface area contributed by atoms with Gasteiger partial charge in [0, 0.05) is 16.8 Å². The van der Waals surface area contributed by atoms with Crippen LogP contribution in [0.5, 0.6) is 0 Å². The monoisotopic (exact) mass is 302 g/mol. The number of ether oxygens (including phenoxy) is 2. The van der Waals surface area contributed by atoms with Crippen LogP contribution in [0.4, 0.5) is 0 Å². The Balaban J connectivity index is 2.53. The van der Waals surface area contributed by atoms with Crippen molar-refractivity contribution >= 4 is 21.6 Å². The minimum absolute atomic E-state index is 0.223. The lowest BCUT2D eigenvalue weighted by Crippen LogP contribution is -2.15. The standard InChI is InChI=1S/C14H22O3S2/c1-14(2,3)19-18-12-8-6-5-7-11(12)9-10-17-13(15)16-4/h5-8,13,15H,9-10H2,1-4H3. The van der Waals surface area contributed by atoms with Gasteiger partial charge in [0.25, 0.3) is 6.48 Å². The Bertz CT molecular complexity index is 377. The van der Waals surface area contributed by atoms with Crippen molar-refractivity contribution in [1.29, 1.82) is 0 Å². The van der Waals surface area contributed by atoms with Crippen molar-refractivity contribution < 1.29 is 14.6 Å². The predicted molar refractivity (Wildman–Crippen MR) is 82.3 cm³/mol. The van der Waals surface area contributed by atoms with Gasteiger partial charge in [-0.15, -0.1) is 0 Å². The van der Waals surface area contributed by atoms with Crippen LogP contribution >= 0.6 is 21.6 Å². The fourth-order valence-electron chi connectivity index (χ4n) is 1.30. The molecule has 0 aliphatic rings. The second-order valence-corrected chi connectivity index (χ2v) is 8.05. The summed E-state index contributed by atoms with van der Waals surface area (Å²) in [5, 5.41) is 9.16. The molecular weight excluding hydrogens is 280 g/mol. The molecule has 1 aromatic rings. The molecule has 0 bridgehead atoms. The summed E-state index contributed by atoms with van der Waals surface area (Å²) < 4.78 is 9.97. The molecule has 3 nitrogen and oxygen atoms in total. The van der Waals surface area contributed by atoms with E-state index >= 15 is 0 Å². The van der Waals surface area contributed by atoms with Gasteiger partial charge in [-0.3, -0.25) is 0 Å². The second-order valence-electron chi connectivity index (χ2n) is 5.05. The minimum atomic E-state index is -1.14. The summed E-state index contributed by atoms with van der Waals surface area (Å²) in [5.41, 5.74) is 1.23. The Kier molecular flexibility index (Phi) is 7.25. The van der Waals surface area contributed by atoms with Gasteiger partial charge >= 0.3 is 0 Å². The Hall–Kier alpha value is -0.200. The molecule has 0 aromatic heterocycles. The third-order valence-corrected chi connectivity index (χ3v) is 5.64. The summed E-state index contributed by atoms with van der Waals surface area (Å²) >= 11 is 0. The highest BCUT2D eigenvalue weighted by molar-refractivity contribution is 8.77. The lowest BCUT2D eigenvalue weighted by molar-refractivity contribution is -0.249. The van der Waals surface area contributed by atoms with E-state index < -0.39 is 6.48 Å². The van der Waals surface area contributed by atoms with Gasteiger partial charge in [-0.2, -0.15) is 0 Å². The van der Waals surface area contributed by atoms with Crippen LogP contribution < -0.4 is 0 Å². The van der Waals surface area contributed by atoms with Crippen molar-refractivity contribution in [3.05, 3.63) is 29.8 Å². The molecule has 0 amide bonds. The van der Waals surface area contributed by atoms with Crippen LogP contribution in [0.25, 0.3) is 0 Å². The summed E-state index contributed by atoms with van der Waals surface area (Å²) in [6, 6.07) is 8.27. The molecule has 1 atom stereocenters. The topological polar surface area (TPSA) is 38.7 Å². The van der Waals surface area contributed by atoms with Gasteiger partial charge in [0.2, 0.25) is 0 Å². The molecule has 0 heterocycles. The SMILES string of the molecule is COC(O)OCCc1ccccc1SSC(C)(C)C. The zero-order chi connectivity index (χ0) is 14.3. The van der Waals surface area contributed by atoms with Crippen LogP contribution in [0.15, 0.2) is 29.2 Å². The lowest BCUT2D eigenvalue weighted by atomic mass is 10.2. The minimum Gasteiger partial charge on any atom is -0.346 e. The van der Waals surface area contributed by atoms with E-state index in [1.165, 1.54) is 17.6 Å². The van der Waals surface area contributed by atoms with Crippen LogP contribution in [0.2, 0.25) is 0 Å². The second kappa shape index (κ2) is 8.17. The van der Waals surface area contributed by atoms with Crippen LogP contribution in [0.3, 0.4) is 0 Å². The molecule has 0 saturated heterocycles. The number of aliphatic hydroxyl groups excluding tert-OH is 1. The van der Waals surface area contributed by atoms with Crippen molar-refractivity contribution in [3.8, 4) is 0 Å². The first-order valence-corrected chi connectivity index (χ1v) is 8.33. The normalized spacial score (nSPS) is 13.5. The quantitative estimate of drug-likeness (QED) is 0.614. The molecule has 1 N–H and O–H groups in total. The number of rotatable bonds is 7. The maximum atomic E-state index is 9.16. The molecule has 0 aliphatic heterocycles. The van der Waals surface area contributed by atoms with Crippen molar-refractivity contribution in [2.24, 2.45) is 0 Å². The maximum Gasteiger partial charge on any atom is 0.268 e. The summed E-state index contributed by atoms with van der Waals surface area (Å²) in [6.45, 7) is 5.90. The first-order chi connectivity index (χ1) is 8.92. The van der Waals surface area contributed by atoms with Gasteiger partial charge in [-0.05, 0) is 18.1 Å². The molecule has 0 spiro atoms. The first-order valence-electron chi connectivity index (χ1n) is 6.18. The van der Waals surface area contributed by atoms with Gasteiger partial charge in [0.05, 0.1) is 6.61 Å². The van der Waals surface area contributed by atoms with Gasteiger partial charge in [0.1, 0.15) is 0 Å². The smallest absolute Gasteiger partial charge is 0.268 e. The summed E-state index contributed by atoms with van der Waals surface area (Å²) in [4.78, 5) is 1.25. The van der Waals surface area contributed by atoms with Gasteiger partial charge in [0.15, 0.2) is 0 Å². The van der Waals surface area contributed by atoms with E-state index in [1.807, 2.05) is 22.9 Å².